The van der Waals surface area contributed by atoms with Gasteiger partial charge in [0, 0.05) is 74.5 Å². The molecule has 11 heterocycles. The molecule has 0 saturated carbocycles. The number of fused-ring (bicyclic) bond motifs is 14. The van der Waals surface area contributed by atoms with Crippen molar-refractivity contribution in [3.8, 4) is 114 Å². The molecule has 136 heavy (non-hydrogen) atoms. The van der Waals surface area contributed by atoms with Crippen molar-refractivity contribution in [1.82, 2.24) is 39.0 Å². The van der Waals surface area contributed by atoms with Crippen LogP contribution >= 0.6 is 11.3 Å². The van der Waals surface area contributed by atoms with Gasteiger partial charge in [-0.2, -0.15) is 0 Å². The molecule has 0 aliphatic carbocycles. The zero-order valence-corrected chi connectivity index (χ0v) is 73.1. The molecule has 5 aliphatic heterocycles. The molecule has 0 fully saturated rings. The Kier molecular flexibility index (Phi) is 18.9. The fraction of sp³-hybridized carbons (Fsp3) is 0. The van der Waals surface area contributed by atoms with Crippen molar-refractivity contribution in [2.75, 3.05) is 24.5 Å². The minimum Gasteiger partial charge on any atom is -0.453 e. The lowest BCUT2D eigenvalue weighted by atomic mass is 10.0. The van der Waals surface area contributed by atoms with E-state index in [0.29, 0.717) is 5.89 Å². The predicted molar refractivity (Wildman–Crippen MR) is 540 cm³/mol. The minimum absolute atomic E-state index is 0.550. The molecule has 0 atom stereocenters. The van der Waals surface area contributed by atoms with E-state index in [2.05, 4.69) is 216 Å². The van der Waals surface area contributed by atoms with Crippen LogP contribution in [0.5, 0.6) is 57.5 Å². The number of benzene rings is 17. The van der Waals surface area contributed by atoms with Gasteiger partial charge in [-0.1, -0.05) is 182 Å². The van der Waals surface area contributed by atoms with E-state index in [4.69, 9.17) is 58.0 Å². The van der Waals surface area contributed by atoms with E-state index in [-0.39, 0.29) is 0 Å². The molecule has 23 aromatic rings. The lowest BCUT2D eigenvalue weighted by molar-refractivity contribution is 0.476. The molecule has 0 bridgehead atoms. The number of nitrogens with zero attached hydrogens (tertiary/aromatic N) is 13. The van der Waals surface area contributed by atoms with Crippen molar-refractivity contribution in [3.05, 3.63) is 443 Å². The first kappa shape index (κ1) is 78.4. The van der Waals surface area contributed by atoms with Gasteiger partial charge in [0.05, 0.1) is 67.1 Å². The number of para-hydroxylation sites is 25. The average molecular weight is 1780 g/mol. The van der Waals surface area contributed by atoms with Crippen LogP contribution in [-0.2, 0) is 0 Å². The molecule has 0 N–H and O–H groups in total. The maximum absolute atomic E-state index is 6.40. The summed E-state index contributed by atoms with van der Waals surface area (Å²) in [7, 11) is 0. The highest BCUT2D eigenvalue weighted by atomic mass is 32.1. The first-order chi connectivity index (χ1) is 67.4. The molecular formula is C116H73N13O6S. The molecule has 0 unspecified atom stereocenters. The van der Waals surface area contributed by atoms with Crippen LogP contribution in [0.15, 0.2) is 448 Å². The number of pyridine rings is 2. The van der Waals surface area contributed by atoms with E-state index < -0.39 is 0 Å². The second kappa shape index (κ2) is 32.8. The molecule has 0 spiro atoms. The van der Waals surface area contributed by atoms with Gasteiger partial charge < -0.3 is 52.6 Å². The van der Waals surface area contributed by atoms with Gasteiger partial charge in [0.25, 0.3) is 0 Å². The molecular weight excluding hydrogens is 1700 g/mol. The van der Waals surface area contributed by atoms with Crippen LogP contribution in [0.25, 0.3) is 99.8 Å². The van der Waals surface area contributed by atoms with Crippen molar-refractivity contribution in [3.63, 3.8) is 0 Å². The highest BCUT2D eigenvalue weighted by Crippen LogP contribution is 2.59. The lowest BCUT2D eigenvalue weighted by Crippen LogP contribution is -2.18. The minimum atomic E-state index is 0.550. The van der Waals surface area contributed by atoms with Gasteiger partial charge in [-0.15, -0.1) is 11.3 Å². The Balaban J connectivity index is 0.000000106. The van der Waals surface area contributed by atoms with Crippen molar-refractivity contribution < 1.29 is 28.1 Å². The molecule has 19 nitrogen and oxygen atoms in total. The highest BCUT2D eigenvalue weighted by Gasteiger charge is 2.36. The number of imidazole rings is 2. The summed E-state index contributed by atoms with van der Waals surface area (Å²) < 4.78 is 43.5. The summed E-state index contributed by atoms with van der Waals surface area (Å²) >= 11 is 1.71. The summed E-state index contributed by atoms with van der Waals surface area (Å²) in [4.78, 5) is 41.2. The normalized spacial score (nSPS) is 12.6. The highest BCUT2D eigenvalue weighted by molar-refractivity contribution is 7.21. The quantitative estimate of drug-likeness (QED) is 0.120. The van der Waals surface area contributed by atoms with Crippen molar-refractivity contribution in [1.29, 1.82) is 0 Å². The van der Waals surface area contributed by atoms with E-state index in [1.165, 1.54) is 0 Å². The Morgan fingerprint density at radius 1 is 0.206 bits per heavy atom. The molecule has 0 amide bonds. The second-order valence-electron chi connectivity index (χ2n) is 33.0. The van der Waals surface area contributed by atoms with E-state index in [1.807, 2.05) is 261 Å². The molecule has 0 saturated heterocycles. The number of anilines is 15. The number of hydrogen-bond acceptors (Lipinski definition) is 18. The smallest absolute Gasteiger partial charge is 0.227 e. The Labute approximate surface area is 783 Å². The summed E-state index contributed by atoms with van der Waals surface area (Å²) in [5.41, 5.74) is 25.8. The molecule has 0 radical (unpaired) electrons. The van der Waals surface area contributed by atoms with Crippen LogP contribution < -0.4 is 48.2 Å². The zero-order valence-electron chi connectivity index (χ0n) is 72.3. The zero-order chi connectivity index (χ0) is 89.7. The summed E-state index contributed by atoms with van der Waals surface area (Å²) in [5.74, 6) is 10.1. The predicted octanol–water partition coefficient (Wildman–Crippen LogP) is 31.8. The summed E-state index contributed by atoms with van der Waals surface area (Å²) in [6, 6.07) is 146. The fourth-order valence-electron chi connectivity index (χ4n) is 18.7. The van der Waals surface area contributed by atoms with Crippen LogP contribution in [-0.4, -0.2) is 39.0 Å². The molecule has 5 aliphatic rings. The number of hydrogen-bond donors (Lipinski definition) is 0. The largest absolute Gasteiger partial charge is 0.453 e. The van der Waals surface area contributed by atoms with E-state index in [1.54, 1.807) is 11.3 Å². The third kappa shape index (κ3) is 13.7. The number of aromatic nitrogens is 8. The van der Waals surface area contributed by atoms with Crippen LogP contribution in [0.1, 0.15) is 0 Å². The van der Waals surface area contributed by atoms with Crippen LogP contribution in [0, 0.1) is 0 Å². The second-order valence-corrected chi connectivity index (χ2v) is 34.0. The molecule has 17 aromatic carbocycles. The Morgan fingerprint density at radius 2 is 0.485 bits per heavy atom. The van der Waals surface area contributed by atoms with Gasteiger partial charge in [-0.3, -0.25) is 9.13 Å². The Morgan fingerprint density at radius 3 is 0.824 bits per heavy atom. The summed E-state index contributed by atoms with van der Waals surface area (Å²) in [6.45, 7) is 0. The molecule has 6 aromatic heterocycles. The first-order valence-corrected chi connectivity index (χ1v) is 45.5. The maximum atomic E-state index is 6.40. The van der Waals surface area contributed by atoms with Crippen LogP contribution in [0.2, 0.25) is 0 Å². The molecule has 644 valence electrons. The van der Waals surface area contributed by atoms with Gasteiger partial charge in [0.2, 0.25) is 5.89 Å². The third-order valence-electron chi connectivity index (χ3n) is 24.6. The number of thiazole rings is 1. The average Bonchev–Trinajstić information content (AvgIpc) is 0.772. The third-order valence-corrected chi connectivity index (χ3v) is 25.7. The van der Waals surface area contributed by atoms with Crippen molar-refractivity contribution in [2.24, 2.45) is 0 Å². The van der Waals surface area contributed by atoms with E-state index in [9.17, 15) is 0 Å². The first-order valence-electron chi connectivity index (χ1n) is 44.7. The Bertz CT molecular complexity index is 7690. The monoisotopic (exact) mass is 1780 g/mol. The SMILES string of the molecule is c1ccc(-n2c(-c3cc(-c4nc5cccnc5n4-c4ccccc4)cc(N4c5ccccc5Oc5ccccc54)c3)nc3cccnc32)cc1.c1ccc2c(c1)Oc1ccccc1N2c1cc(-c2nc3ccccc3o2)cc(N2c3ccccc3Oc3ccccc32)c1.c1ccc2c(c1)Oc1ccccc1N2c1cc(-c2nc3ccccc3s2)cc(N2c3ccccc3Oc3ccccc32)c1. The van der Waals surface area contributed by atoms with Gasteiger partial charge in [0.1, 0.15) is 33.2 Å². The van der Waals surface area contributed by atoms with Crippen molar-refractivity contribution >= 4 is 140 Å². The van der Waals surface area contributed by atoms with Gasteiger partial charge in [0.15, 0.2) is 74.4 Å². The number of ether oxygens (including phenoxy) is 5. The fourth-order valence-corrected chi connectivity index (χ4v) is 19.7. The number of oxazole rings is 1. The van der Waals surface area contributed by atoms with Crippen LogP contribution in [0.3, 0.4) is 0 Å². The topological polar surface area (TPSA) is 163 Å². The van der Waals surface area contributed by atoms with Gasteiger partial charge >= 0.3 is 0 Å². The van der Waals surface area contributed by atoms with Gasteiger partial charge in [-0.05, 0) is 249 Å². The summed E-state index contributed by atoms with van der Waals surface area (Å²) in [5, 5.41) is 0.967. The van der Waals surface area contributed by atoms with Crippen molar-refractivity contribution in [2.45, 2.75) is 0 Å². The summed E-state index contributed by atoms with van der Waals surface area (Å²) in [6.07, 6.45) is 3.62. The number of rotatable bonds is 11. The Hall–Kier alpha value is -18.7. The van der Waals surface area contributed by atoms with Gasteiger partial charge in [-0.25, -0.2) is 29.9 Å². The standard InChI is InChI=1S/C42H27N7O.C37H23N3O3.C37H23N3O2S/c1-3-13-30(14-4-1)48-39(45-33-17-11-23-43-41(33)48)28-25-29(40-46-34-18-12-24-44-42(34)49(40)31-15-5-2-6-16-31)27-32(26-28)47-35-19-7-9-21-37(35)50-38-22-10-8-20-36(38)47;1-6-16-32-27(11-1)38-37(43-32)24-21-25(39-28-12-2-7-17-33(28)41-34-18-8-3-13-29(34)39)23-26(22-24)40-30-14-4-9-19-35(30)42-36-20-10-5-15-31(36)40;1-10-20-36-27(11-1)38-37(43-36)24-21-25(39-28-12-2-6-16-32(28)41-33-17-7-3-13-29(33)39)23-26(22-24)40-30-14-4-8-18-34(30)42-35-19-9-5-15-31(35)40/h1-27H;2*1-23H. The maximum Gasteiger partial charge on any atom is 0.227 e. The lowest BCUT2D eigenvalue weighted by Gasteiger charge is -2.35. The van der Waals surface area contributed by atoms with E-state index in [0.717, 1.165) is 237 Å². The molecule has 28 rings (SSSR count). The molecule has 20 heteroatoms. The van der Waals surface area contributed by atoms with E-state index >= 15 is 0 Å². The van der Waals surface area contributed by atoms with Crippen LogP contribution in [0.4, 0.5) is 85.3 Å².